The quantitative estimate of drug-likeness (QED) is 0.745. The van der Waals surface area contributed by atoms with E-state index < -0.39 is 0 Å². The van der Waals surface area contributed by atoms with Crippen LogP contribution in [0, 0.1) is 0 Å². The van der Waals surface area contributed by atoms with Crippen LogP contribution < -0.4 is 0 Å². The first-order valence-corrected chi connectivity index (χ1v) is 7.19. The van der Waals surface area contributed by atoms with Gasteiger partial charge in [-0.2, -0.15) is 0 Å². The maximum atomic E-state index is 12.5. The van der Waals surface area contributed by atoms with Crippen LogP contribution in [0.3, 0.4) is 0 Å². The highest BCUT2D eigenvalue weighted by atomic mass is 16.3. The minimum Gasteiger partial charge on any atom is -0.507 e. The smallest absolute Gasteiger partial charge is 0.196 e. The van der Waals surface area contributed by atoms with Crippen molar-refractivity contribution in [1.29, 1.82) is 0 Å². The van der Waals surface area contributed by atoms with Crippen molar-refractivity contribution in [2.45, 2.75) is 0 Å². The fourth-order valence-electron chi connectivity index (χ4n) is 2.36. The van der Waals surface area contributed by atoms with Crippen molar-refractivity contribution < 1.29 is 14.7 Å². The number of carbonyl (C=O) groups excluding carboxylic acids is 2. The molecule has 0 heterocycles. The number of phenols is 1. The van der Waals surface area contributed by atoms with E-state index in [9.17, 15) is 14.7 Å². The zero-order chi connectivity index (χ0) is 16.2. The van der Waals surface area contributed by atoms with Crippen LogP contribution in [0.4, 0.5) is 0 Å². The van der Waals surface area contributed by atoms with Gasteiger partial charge in [-0.05, 0) is 18.2 Å². The van der Waals surface area contributed by atoms with Gasteiger partial charge in [0.2, 0.25) is 0 Å². The predicted molar refractivity (Wildman–Crippen MR) is 87.9 cm³/mol. The first-order valence-electron chi connectivity index (χ1n) is 7.19. The Hall–Kier alpha value is -3.20. The van der Waals surface area contributed by atoms with Gasteiger partial charge in [-0.25, -0.2) is 0 Å². The van der Waals surface area contributed by atoms with Crippen molar-refractivity contribution in [3.63, 3.8) is 0 Å². The summed E-state index contributed by atoms with van der Waals surface area (Å²) in [6, 6.07) is 21.8. The SMILES string of the molecule is O=C(c1ccccc1)c1ccc(O)c(C(=O)c2ccccc2)c1. The van der Waals surface area contributed by atoms with Gasteiger partial charge in [0, 0.05) is 16.7 Å². The fourth-order valence-corrected chi connectivity index (χ4v) is 2.36. The Balaban J connectivity index is 2.00. The summed E-state index contributed by atoms with van der Waals surface area (Å²) in [7, 11) is 0. The van der Waals surface area contributed by atoms with E-state index >= 15 is 0 Å². The summed E-state index contributed by atoms with van der Waals surface area (Å²) >= 11 is 0. The lowest BCUT2D eigenvalue weighted by Crippen LogP contribution is -2.06. The molecule has 0 saturated carbocycles. The fraction of sp³-hybridized carbons (Fsp3) is 0. The van der Waals surface area contributed by atoms with E-state index in [4.69, 9.17) is 0 Å². The summed E-state index contributed by atoms with van der Waals surface area (Å²) in [5, 5.41) is 9.99. The van der Waals surface area contributed by atoms with Crippen LogP contribution >= 0.6 is 0 Å². The third kappa shape index (κ3) is 3.04. The highest BCUT2D eigenvalue weighted by molar-refractivity contribution is 6.14. The van der Waals surface area contributed by atoms with Gasteiger partial charge in [0.15, 0.2) is 11.6 Å². The minimum atomic E-state index is -0.314. The number of hydrogen-bond acceptors (Lipinski definition) is 3. The number of benzene rings is 3. The third-order valence-electron chi connectivity index (χ3n) is 3.58. The van der Waals surface area contributed by atoms with Gasteiger partial charge in [-0.3, -0.25) is 9.59 Å². The molecule has 3 heteroatoms. The average molecular weight is 302 g/mol. The Morgan fingerprint density at radius 1 is 0.609 bits per heavy atom. The first-order chi connectivity index (χ1) is 11.2. The van der Waals surface area contributed by atoms with E-state index in [-0.39, 0.29) is 22.9 Å². The molecule has 0 atom stereocenters. The van der Waals surface area contributed by atoms with Crippen molar-refractivity contribution in [1.82, 2.24) is 0 Å². The van der Waals surface area contributed by atoms with E-state index in [0.717, 1.165) is 0 Å². The molecular weight excluding hydrogens is 288 g/mol. The molecule has 0 unspecified atom stereocenters. The molecule has 3 aromatic carbocycles. The topological polar surface area (TPSA) is 54.4 Å². The lowest BCUT2D eigenvalue weighted by molar-refractivity contribution is 0.103. The lowest BCUT2D eigenvalue weighted by Gasteiger charge is -2.07. The van der Waals surface area contributed by atoms with Gasteiger partial charge in [0.1, 0.15) is 5.75 Å². The normalized spacial score (nSPS) is 10.3. The maximum absolute atomic E-state index is 12.5. The number of carbonyl (C=O) groups is 2. The van der Waals surface area contributed by atoms with Crippen LogP contribution in [-0.4, -0.2) is 16.7 Å². The van der Waals surface area contributed by atoms with Gasteiger partial charge >= 0.3 is 0 Å². The molecule has 3 rings (SSSR count). The maximum Gasteiger partial charge on any atom is 0.196 e. The predicted octanol–water partition coefficient (Wildman–Crippen LogP) is 3.85. The van der Waals surface area contributed by atoms with Crippen molar-refractivity contribution in [2.24, 2.45) is 0 Å². The Morgan fingerprint density at radius 2 is 1.13 bits per heavy atom. The molecule has 0 radical (unpaired) electrons. The summed E-state index contributed by atoms with van der Waals surface area (Å²) in [6.45, 7) is 0. The average Bonchev–Trinajstić information content (AvgIpc) is 2.62. The van der Waals surface area contributed by atoms with Crippen molar-refractivity contribution in [2.75, 3.05) is 0 Å². The molecule has 3 nitrogen and oxygen atoms in total. The van der Waals surface area contributed by atoms with Crippen LogP contribution in [0.5, 0.6) is 5.75 Å². The Kier molecular flexibility index (Phi) is 4.02. The Morgan fingerprint density at radius 3 is 1.70 bits per heavy atom. The van der Waals surface area contributed by atoms with E-state index in [2.05, 4.69) is 0 Å². The second kappa shape index (κ2) is 6.28. The summed E-state index contributed by atoms with van der Waals surface area (Å²) in [5.74, 6) is -0.637. The molecule has 0 fully saturated rings. The molecule has 23 heavy (non-hydrogen) atoms. The number of phenolic OH excluding ortho intramolecular Hbond substituents is 1. The van der Waals surface area contributed by atoms with Gasteiger partial charge < -0.3 is 5.11 Å². The Labute approximate surface area is 133 Å². The standard InChI is InChI=1S/C20H14O3/c21-18-12-11-16(19(22)14-7-3-1-4-8-14)13-17(18)20(23)15-9-5-2-6-10-15/h1-13,21H. The molecule has 0 aromatic heterocycles. The van der Waals surface area contributed by atoms with Gasteiger partial charge in [-0.15, -0.1) is 0 Å². The van der Waals surface area contributed by atoms with E-state index in [1.54, 1.807) is 48.5 Å². The van der Waals surface area contributed by atoms with Crippen molar-refractivity contribution >= 4 is 11.6 Å². The lowest BCUT2D eigenvalue weighted by atomic mass is 9.97. The summed E-state index contributed by atoms with van der Waals surface area (Å²) in [6.07, 6.45) is 0. The van der Waals surface area contributed by atoms with E-state index in [0.29, 0.717) is 16.7 Å². The molecular formula is C20H14O3. The highest BCUT2D eigenvalue weighted by Crippen LogP contribution is 2.23. The number of ketones is 2. The molecule has 0 aliphatic heterocycles. The summed E-state index contributed by atoms with van der Waals surface area (Å²) in [4.78, 5) is 25.0. The molecule has 1 N–H and O–H groups in total. The molecule has 112 valence electrons. The largest absolute Gasteiger partial charge is 0.507 e. The molecule has 0 aliphatic carbocycles. The number of rotatable bonds is 4. The summed E-state index contributed by atoms with van der Waals surface area (Å²) in [5.41, 5.74) is 1.50. The zero-order valence-corrected chi connectivity index (χ0v) is 12.3. The van der Waals surface area contributed by atoms with Gasteiger partial charge in [0.05, 0.1) is 5.56 Å². The molecule has 0 spiro atoms. The zero-order valence-electron chi connectivity index (χ0n) is 12.3. The van der Waals surface area contributed by atoms with Crippen LogP contribution in [0.1, 0.15) is 31.8 Å². The van der Waals surface area contributed by atoms with E-state index in [1.807, 2.05) is 12.1 Å². The molecule has 3 aromatic rings. The monoisotopic (exact) mass is 302 g/mol. The third-order valence-corrected chi connectivity index (χ3v) is 3.58. The highest BCUT2D eigenvalue weighted by Gasteiger charge is 2.17. The second-order valence-electron chi connectivity index (χ2n) is 5.12. The second-order valence-corrected chi connectivity index (χ2v) is 5.12. The van der Waals surface area contributed by atoms with E-state index in [1.165, 1.54) is 18.2 Å². The van der Waals surface area contributed by atoms with Gasteiger partial charge in [0.25, 0.3) is 0 Å². The number of aromatic hydroxyl groups is 1. The van der Waals surface area contributed by atoms with Crippen LogP contribution in [0.2, 0.25) is 0 Å². The van der Waals surface area contributed by atoms with Crippen LogP contribution in [0.25, 0.3) is 0 Å². The number of hydrogen-bond donors (Lipinski definition) is 1. The molecule has 0 amide bonds. The van der Waals surface area contributed by atoms with Crippen molar-refractivity contribution in [3.8, 4) is 5.75 Å². The first kappa shape index (κ1) is 14.7. The van der Waals surface area contributed by atoms with Gasteiger partial charge in [-0.1, -0.05) is 60.7 Å². The van der Waals surface area contributed by atoms with Crippen molar-refractivity contribution in [3.05, 3.63) is 101 Å². The minimum absolute atomic E-state index is 0.123. The molecule has 0 aliphatic rings. The van der Waals surface area contributed by atoms with Crippen LogP contribution in [0.15, 0.2) is 78.9 Å². The molecule has 0 bridgehead atoms. The summed E-state index contributed by atoms with van der Waals surface area (Å²) < 4.78 is 0. The Bertz CT molecular complexity index is 853. The van der Waals surface area contributed by atoms with Crippen LogP contribution in [-0.2, 0) is 0 Å². The molecule has 0 saturated heterocycles.